The van der Waals surface area contributed by atoms with Crippen LogP contribution in [0.4, 0.5) is 10.6 Å². The highest BCUT2D eigenvalue weighted by molar-refractivity contribution is 9.24. The van der Waals surface area contributed by atoms with Crippen LogP contribution in [0.1, 0.15) is 9.43 Å². The van der Waals surface area contributed by atoms with E-state index in [9.17, 15) is 4.79 Å². The van der Waals surface area contributed by atoms with Crippen LogP contribution < -0.4 is 5.32 Å². The van der Waals surface area contributed by atoms with Gasteiger partial charge in [-0.3, -0.25) is 5.32 Å². The van der Waals surface area contributed by atoms with Gasteiger partial charge in [-0.15, -0.1) is 0 Å². The fourth-order valence-electron chi connectivity index (χ4n) is 1.36. The summed E-state index contributed by atoms with van der Waals surface area (Å²) in [5.41, 5.74) is 1.37. The summed E-state index contributed by atoms with van der Waals surface area (Å²) < 4.78 is 4.47. The Bertz CT molecular complexity index is 590. The molecule has 0 fully saturated rings. The zero-order valence-electron chi connectivity index (χ0n) is 9.35. The maximum absolute atomic E-state index is 11.1. The van der Waals surface area contributed by atoms with Crippen molar-refractivity contribution in [2.24, 2.45) is 0 Å². The molecule has 2 aromatic rings. The lowest BCUT2D eigenvalue weighted by Crippen LogP contribution is -2.12. The first-order valence-electron chi connectivity index (χ1n) is 5.01. The largest absolute Gasteiger partial charge is 0.453 e. The number of anilines is 1. The summed E-state index contributed by atoms with van der Waals surface area (Å²) in [6.07, 6.45) is -0.558. The molecule has 94 valence electrons. The molecule has 1 amide bonds. The van der Waals surface area contributed by atoms with E-state index in [4.69, 9.17) is 0 Å². The van der Waals surface area contributed by atoms with Gasteiger partial charge < -0.3 is 4.74 Å². The standard InChI is InChI=1S/C11H9Br2N3O2/c1-18-11(17)16-8-5-3-6-2-4-7(9(12)13)14-10(6)15-8/h2-5,9H,1H3,(H,14,15,16,17). The van der Waals surface area contributed by atoms with E-state index >= 15 is 0 Å². The number of carbonyl (C=O) groups excluding carboxylic acids is 1. The van der Waals surface area contributed by atoms with Crippen LogP contribution >= 0.6 is 31.9 Å². The van der Waals surface area contributed by atoms with Gasteiger partial charge in [-0.25, -0.2) is 14.8 Å². The van der Waals surface area contributed by atoms with Gasteiger partial charge in [0.15, 0.2) is 5.65 Å². The quantitative estimate of drug-likeness (QED) is 0.815. The van der Waals surface area contributed by atoms with Crippen molar-refractivity contribution in [3.8, 4) is 0 Å². The molecule has 5 nitrogen and oxygen atoms in total. The van der Waals surface area contributed by atoms with Gasteiger partial charge in [-0.05, 0) is 24.3 Å². The topological polar surface area (TPSA) is 64.1 Å². The van der Waals surface area contributed by atoms with Crippen molar-refractivity contribution >= 4 is 54.8 Å². The monoisotopic (exact) mass is 373 g/mol. The summed E-state index contributed by atoms with van der Waals surface area (Å²) in [5, 5.41) is 3.39. The number of pyridine rings is 2. The molecule has 18 heavy (non-hydrogen) atoms. The minimum absolute atomic E-state index is 0.0339. The number of rotatable bonds is 2. The molecule has 0 aliphatic rings. The molecule has 1 N–H and O–H groups in total. The number of halogens is 2. The van der Waals surface area contributed by atoms with E-state index in [2.05, 4.69) is 51.9 Å². The Balaban J connectivity index is 2.39. The summed E-state index contributed by atoms with van der Waals surface area (Å²) in [4.78, 5) is 19.7. The normalized spacial score (nSPS) is 10.7. The van der Waals surface area contributed by atoms with Crippen LogP contribution in [-0.2, 0) is 4.74 Å². The van der Waals surface area contributed by atoms with E-state index in [0.717, 1.165) is 11.1 Å². The summed E-state index contributed by atoms with van der Waals surface area (Å²) in [5.74, 6) is 0.402. The fourth-order valence-corrected chi connectivity index (χ4v) is 1.87. The molecular weight excluding hydrogens is 366 g/mol. The highest BCUT2D eigenvalue weighted by atomic mass is 79.9. The lowest BCUT2D eigenvalue weighted by molar-refractivity contribution is 0.187. The third-order valence-corrected chi connectivity index (χ3v) is 3.15. The van der Waals surface area contributed by atoms with Gasteiger partial charge in [0.1, 0.15) is 9.55 Å². The molecule has 7 heteroatoms. The zero-order valence-corrected chi connectivity index (χ0v) is 12.5. The number of carbonyl (C=O) groups is 1. The second-order valence-electron chi connectivity index (χ2n) is 3.40. The Morgan fingerprint density at radius 1 is 1.28 bits per heavy atom. The molecule has 0 unspecified atom stereocenters. The first-order chi connectivity index (χ1) is 8.60. The van der Waals surface area contributed by atoms with Gasteiger partial charge >= 0.3 is 6.09 Å². The van der Waals surface area contributed by atoms with Crippen molar-refractivity contribution in [3.05, 3.63) is 30.0 Å². The van der Waals surface area contributed by atoms with Gasteiger partial charge in [0, 0.05) is 5.39 Å². The number of alkyl halides is 2. The maximum Gasteiger partial charge on any atom is 0.412 e. The minimum atomic E-state index is -0.558. The van der Waals surface area contributed by atoms with Crippen LogP contribution in [0.5, 0.6) is 0 Å². The Labute approximate surface area is 120 Å². The van der Waals surface area contributed by atoms with E-state index in [-0.39, 0.29) is 3.74 Å². The van der Waals surface area contributed by atoms with Gasteiger partial charge in [0.05, 0.1) is 12.8 Å². The van der Waals surface area contributed by atoms with Gasteiger partial charge in [0.25, 0.3) is 0 Å². The molecule has 0 aromatic carbocycles. The van der Waals surface area contributed by atoms with Crippen LogP contribution in [-0.4, -0.2) is 23.2 Å². The van der Waals surface area contributed by atoms with Crippen LogP contribution in [0, 0.1) is 0 Å². The molecule has 0 aliphatic carbocycles. The van der Waals surface area contributed by atoms with E-state index in [1.54, 1.807) is 6.07 Å². The lowest BCUT2D eigenvalue weighted by Gasteiger charge is -2.06. The van der Waals surface area contributed by atoms with Crippen LogP contribution in [0.15, 0.2) is 24.3 Å². The summed E-state index contributed by atoms with van der Waals surface area (Å²) >= 11 is 6.75. The first kappa shape index (κ1) is 13.2. The number of hydrogen-bond donors (Lipinski definition) is 1. The number of fused-ring (bicyclic) bond motifs is 1. The van der Waals surface area contributed by atoms with Crippen LogP contribution in [0.25, 0.3) is 11.0 Å². The molecule has 0 spiro atoms. The summed E-state index contributed by atoms with van der Waals surface area (Å²) in [7, 11) is 1.30. The van der Waals surface area contributed by atoms with Gasteiger partial charge in [0.2, 0.25) is 0 Å². The molecule has 0 saturated carbocycles. The average molecular weight is 375 g/mol. The SMILES string of the molecule is COC(=O)Nc1ccc2ccc(C(Br)Br)nc2n1. The van der Waals surface area contributed by atoms with Gasteiger partial charge in [-0.1, -0.05) is 31.9 Å². The minimum Gasteiger partial charge on any atom is -0.453 e. The smallest absolute Gasteiger partial charge is 0.412 e. The van der Waals surface area contributed by atoms with Crippen molar-refractivity contribution in [2.45, 2.75) is 3.74 Å². The zero-order chi connectivity index (χ0) is 13.1. The Hall–Kier alpha value is -1.21. The number of amides is 1. The second kappa shape index (κ2) is 5.62. The van der Waals surface area contributed by atoms with E-state index in [0.29, 0.717) is 11.5 Å². The number of methoxy groups -OCH3 is 1. The highest BCUT2D eigenvalue weighted by Gasteiger charge is 2.08. The molecule has 0 saturated heterocycles. The molecule has 2 aromatic heterocycles. The molecule has 0 bridgehead atoms. The van der Waals surface area contributed by atoms with Crippen molar-refractivity contribution < 1.29 is 9.53 Å². The molecule has 0 atom stereocenters. The molecule has 0 radical (unpaired) electrons. The number of hydrogen-bond acceptors (Lipinski definition) is 4. The third kappa shape index (κ3) is 2.97. The number of ether oxygens (including phenoxy) is 1. The van der Waals surface area contributed by atoms with E-state index in [1.165, 1.54) is 7.11 Å². The fraction of sp³-hybridized carbons (Fsp3) is 0.182. The Morgan fingerprint density at radius 3 is 2.67 bits per heavy atom. The van der Waals surface area contributed by atoms with Crippen molar-refractivity contribution in [2.75, 3.05) is 12.4 Å². The Kier molecular flexibility index (Phi) is 4.13. The highest BCUT2D eigenvalue weighted by Crippen LogP contribution is 2.28. The lowest BCUT2D eigenvalue weighted by atomic mass is 10.2. The second-order valence-corrected chi connectivity index (χ2v) is 6.46. The molecule has 2 rings (SSSR count). The van der Waals surface area contributed by atoms with Crippen molar-refractivity contribution in [1.29, 1.82) is 0 Å². The molecule has 2 heterocycles. The maximum atomic E-state index is 11.1. The predicted octanol–water partition coefficient (Wildman–Crippen LogP) is 3.60. The first-order valence-corrected chi connectivity index (χ1v) is 6.84. The van der Waals surface area contributed by atoms with Crippen molar-refractivity contribution in [1.82, 2.24) is 9.97 Å². The van der Waals surface area contributed by atoms with Crippen LogP contribution in [0.3, 0.4) is 0 Å². The van der Waals surface area contributed by atoms with E-state index in [1.807, 2.05) is 18.2 Å². The van der Waals surface area contributed by atoms with Crippen molar-refractivity contribution in [3.63, 3.8) is 0 Å². The molecular formula is C11H9Br2N3O2. The van der Waals surface area contributed by atoms with E-state index < -0.39 is 6.09 Å². The summed E-state index contributed by atoms with van der Waals surface area (Å²) in [6.45, 7) is 0. The van der Waals surface area contributed by atoms with Crippen LogP contribution in [0.2, 0.25) is 0 Å². The number of nitrogens with zero attached hydrogens (tertiary/aromatic N) is 2. The average Bonchev–Trinajstić information content (AvgIpc) is 2.37. The predicted molar refractivity (Wildman–Crippen MR) is 76.2 cm³/mol. The number of aromatic nitrogens is 2. The number of nitrogens with one attached hydrogen (secondary N) is 1. The summed E-state index contributed by atoms with van der Waals surface area (Å²) in [6, 6.07) is 7.34. The third-order valence-electron chi connectivity index (χ3n) is 2.21. The Morgan fingerprint density at radius 2 is 2.00 bits per heavy atom. The van der Waals surface area contributed by atoms with Gasteiger partial charge in [-0.2, -0.15) is 0 Å². The molecule has 0 aliphatic heterocycles.